The summed E-state index contributed by atoms with van der Waals surface area (Å²) in [5.74, 6) is 1.13. The molecule has 1 N–H and O–H groups in total. The second-order valence-electron chi connectivity index (χ2n) is 7.26. The van der Waals surface area contributed by atoms with E-state index < -0.39 is 0 Å². The fourth-order valence-corrected chi connectivity index (χ4v) is 3.74. The van der Waals surface area contributed by atoms with E-state index in [0.29, 0.717) is 18.7 Å². The Morgan fingerprint density at radius 1 is 1.03 bits per heavy atom. The molecule has 3 aromatic heterocycles. The lowest BCUT2D eigenvalue weighted by Crippen LogP contribution is -2.37. The van der Waals surface area contributed by atoms with E-state index in [-0.39, 0.29) is 11.8 Å². The van der Waals surface area contributed by atoms with Gasteiger partial charge in [-0.05, 0) is 43.2 Å². The number of rotatable bonds is 4. The molecule has 7 heteroatoms. The summed E-state index contributed by atoms with van der Waals surface area (Å²) in [6.45, 7) is 1.40. The van der Waals surface area contributed by atoms with Gasteiger partial charge in [0.05, 0.1) is 23.7 Å². The van der Waals surface area contributed by atoms with Crippen molar-refractivity contribution in [2.24, 2.45) is 0 Å². The molecular weight excluding hydrogens is 366 g/mol. The first-order valence-electron chi connectivity index (χ1n) is 9.76. The fraction of sp³-hybridized carbons (Fsp3) is 0.227. The standard InChI is InChI=1S/C22H21N5O2/c28-22(17-10-13-29-15-17)26-11-8-16(9-12-26)21-24-20-7-6-19(14-27(20)25-21)23-18-4-2-1-3-5-18/h1-7,10,13-16,23H,8-9,11-12H2. The maximum absolute atomic E-state index is 12.5. The molecule has 1 fully saturated rings. The van der Waals surface area contributed by atoms with Crippen LogP contribution >= 0.6 is 0 Å². The molecule has 0 bridgehead atoms. The highest BCUT2D eigenvalue weighted by molar-refractivity contribution is 5.93. The van der Waals surface area contributed by atoms with Crippen LogP contribution < -0.4 is 5.32 Å². The number of hydrogen-bond acceptors (Lipinski definition) is 5. The average molecular weight is 387 g/mol. The number of amides is 1. The van der Waals surface area contributed by atoms with Crippen LogP contribution in [0.15, 0.2) is 71.7 Å². The molecule has 146 valence electrons. The molecule has 0 saturated carbocycles. The highest BCUT2D eigenvalue weighted by Crippen LogP contribution is 2.27. The number of furan rings is 1. The van der Waals surface area contributed by atoms with Gasteiger partial charge in [0.25, 0.3) is 5.91 Å². The normalized spacial score (nSPS) is 15.0. The molecule has 4 heterocycles. The smallest absolute Gasteiger partial charge is 0.257 e. The van der Waals surface area contributed by atoms with Crippen LogP contribution in [0.4, 0.5) is 11.4 Å². The van der Waals surface area contributed by atoms with Crippen LogP contribution in [0.3, 0.4) is 0 Å². The van der Waals surface area contributed by atoms with Gasteiger partial charge in [-0.15, -0.1) is 0 Å². The maximum Gasteiger partial charge on any atom is 0.257 e. The van der Waals surface area contributed by atoms with Gasteiger partial charge < -0.3 is 14.6 Å². The van der Waals surface area contributed by atoms with E-state index in [4.69, 9.17) is 14.5 Å². The fourth-order valence-electron chi connectivity index (χ4n) is 3.74. The summed E-state index contributed by atoms with van der Waals surface area (Å²) in [5.41, 5.74) is 3.42. The summed E-state index contributed by atoms with van der Waals surface area (Å²) in [5, 5.41) is 8.08. The predicted molar refractivity (Wildman–Crippen MR) is 109 cm³/mol. The Kier molecular flexibility index (Phi) is 4.48. The van der Waals surface area contributed by atoms with E-state index in [0.717, 1.165) is 35.7 Å². The highest BCUT2D eigenvalue weighted by atomic mass is 16.3. The van der Waals surface area contributed by atoms with Crippen molar-refractivity contribution in [3.8, 4) is 0 Å². The Bertz CT molecular complexity index is 1110. The zero-order valence-corrected chi connectivity index (χ0v) is 15.9. The molecule has 1 amide bonds. The number of para-hydroxylation sites is 1. The number of benzene rings is 1. The number of fused-ring (bicyclic) bond motifs is 1. The minimum Gasteiger partial charge on any atom is -0.472 e. The molecule has 1 aromatic carbocycles. The van der Waals surface area contributed by atoms with E-state index >= 15 is 0 Å². The minimum atomic E-state index is 0.0248. The van der Waals surface area contributed by atoms with Crippen LogP contribution in [0.5, 0.6) is 0 Å². The molecule has 0 spiro atoms. The van der Waals surface area contributed by atoms with Crippen LogP contribution in [0, 0.1) is 0 Å². The molecule has 29 heavy (non-hydrogen) atoms. The van der Waals surface area contributed by atoms with Crippen molar-refractivity contribution in [3.63, 3.8) is 0 Å². The van der Waals surface area contributed by atoms with Crippen molar-refractivity contribution in [2.45, 2.75) is 18.8 Å². The largest absolute Gasteiger partial charge is 0.472 e. The zero-order valence-electron chi connectivity index (χ0n) is 15.9. The Hall–Kier alpha value is -3.61. The third kappa shape index (κ3) is 3.59. The molecule has 7 nitrogen and oxygen atoms in total. The molecule has 4 aromatic rings. The molecule has 0 atom stereocenters. The molecule has 5 rings (SSSR count). The van der Waals surface area contributed by atoms with E-state index in [9.17, 15) is 4.79 Å². The van der Waals surface area contributed by atoms with Gasteiger partial charge in [0, 0.05) is 24.7 Å². The van der Waals surface area contributed by atoms with Gasteiger partial charge >= 0.3 is 0 Å². The molecule has 1 aliphatic rings. The lowest BCUT2D eigenvalue weighted by Gasteiger charge is -2.30. The number of carbonyl (C=O) groups is 1. The average Bonchev–Trinajstić information content (AvgIpc) is 3.44. The summed E-state index contributed by atoms with van der Waals surface area (Å²) in [4.78, 5) is 19.0. The Balaban J connectivity index is 1.28. The van der Waals surface area contributed by atoms with E-state index in [2.05, 4.69) is 5.32 Å². The lowest BCUT2D eigenvalue weighted by atomic mass is 9.96. The number of anilines is 2. The van der Waals surface area contributed by atoms with E-state index in [1.54, 1.807) is 6.07 Å². The Morgan fingerprint density at radius 3 is 2.62 bits per heavy atom. The first-order chi connectivity index (χ1) is 14.3. The number of carbonyl (C=O) groups excluding carboxylic acids is 1. The number of aromatic nitrogens is 3. The van der Waals surface area contributed by atoms with Gasteiger partial charge in [0.15, 0.2) is 11.5 Å². The monoisotopic (exact) mass is 387 g/mol. The second kappa shape index (κ2) is 7.43. The van der Waals surface area contributed by atoms with Crippen LogP contribution in [0.2, 0.25) is 0 Å². The van der Waals surface area contributed by atoms with Gasteiger partial charge in [0.1, 0.15) is 6.26 Å². The minimum absolute atomic E-state index is 0.0248. The summed E-state index contributed by atoms with van der Waals surface area (Å²) in [6, 6.07) is 15.7. The lowest BCUT2D eigenvalue weighted by molar-refractivity contribution is 0.0710. The van der Waals surface area contributed by atoms with Crippen LogP contribution in [-0.4, -0.2) is 38.5 Å². The quantitative estimate of drug-likeness (QED) is 0.571. The van der Waals surface area contributed by atoms with Crippen molar-refractivity contribution in [2.75, 3.05) is 18.4 Å². The molecule has 0 unspecified atom stereocenters. The summed E-state index contributed by atoms with van der Waals surface area (Å²) >= 11 is 0. The second-order valence-corrected chi connectivity index (χ2v) is 7.26. The number of hydrogen-bond donors (Lipinski definition) is 1. The van der Waals surface area contributed by atoms with Crippen LogP contribution in [0.25, 0.3) is 5.65 Å². The number of pyridine rings is 1. The number of nitrogens with one attached hydrogen (secondary N) is 1. The first kappa shape index (κ1) is 17.5. The van der Waals surface area contributed by atoms with Crippen molar-refractivity contribution in [1.82, 2.24) is 19.5 Å². The molecular formula is C22H21N5O2. The molecule has 0 radical (unpaired) electrons. The zero-order chi connectivity index (χ0) is 19.6. The van der Waals surface area contributed by atoms with Gasteiger partial charge in [-0.3, -0.25) is 4.79 Å². The summed E-state index contributed by atoms with van der Waals surface area (Å²) in [7, 11) is 0. The molecule has 0 aliphatic carbocycles. The third-order valence-corrected chi connectivity index (χ3v) is 5.33. The number of likely N-dealkylation sites (tertiary alicyclic amines) is 1. The topological polar surface area (TPSA) is 75.7 Å². The molecule has 1 aliphatic heterocycles. The van der Waals surface area contributed by atoms with Crippen LogP contribution in [0.1, 0.15) is 34.9 Å². The summed E-state index contributed by atoms with van der Waals surface area (Å²) in [6.07, 6.45) is 6.70. The Labute approximate surface area is 168 Å². The van der Waals surface area contributed by atoms with Gasteiger partial charge in [-0.25, -0.2) is 9.50 Å². The maximum atomic E-state index is 12.5. The first-order valence-corrected chi connectivity index (χ1v) is 9.76. The van der Waals surface area contributed by atoms with Crippen molar-refractivity contribution in [1.29, 1.82) is 0 Å². The van der Waals surface area contributed by atoms with Crippen molar-refractivity contribution in [3.05, 3.63) is 78.6 Å². The van der Waals surface area contributed by atoms with Crippen molar-refractivity contribution >= 4 is 22.9 Å². The SMILES string of the molecule is O=C(c1ccoc1)N1CCC(c2nc3ccc(Nc4ccccc4)cn3n2)CC1. The van der Waals surface area contributed by atoms with Gasteiger partial charge in [-0.1, -0.05) is 18.2 Å². The van der Waals surface area contributed by atoms with E-state index in [1.165, 1.54) is 12.5 Å². The van der Waals surface area contributed by atoms with E-state index in [1.807, 2.05) is 58.1 Å². The van der Waals surface area contributed by atoms with Gasteiger partial charge in [0.2, 0.25) is 0 Å². The molecule has 1 saturated heterocycles. The third-order valence-electron chi connectivity index (χ3n) is 5.33. The number of piperidine rings is 1. The Morgan fingerprint density at radius 2 is 1.86 bits per heavy atom. The van der Waals surface area contributed by atoms with Crippen molar-refractivity contribution < 1.29 is 9.21 Å². The number of nitrogens with zero attached hydrogens (tertiary/aromatic N) is 4. The summed E-state index contributed by atoms with van der Waals surface area (Å²) < 4.78 is 6.85. The predicted octanol–water partition coefficient (Wildman–Crippen LogP) is 4.09. The van der Waals surface area contributed by atoms with Gasteiger partial charge in [-0.2, -0.15) is 5.10 Å². The van der Waals surface area contributed by atoms with Crippen LogP contribution in [-0.2, 0) is 0 Å². The highest BCUT2D eigenvalue weighted by Gasteiger charge is 2.27.